The highest BCUT2D eigenvalue weighted by molar-refractivity contribution is 7.90. The number of sulfone groups is 1. The molecule has 7 rings (SSSR count). The molecule has 3 aromatic heterocycles. The maximum atomic E-state index is 17.3. The topological polar surface area (TPSA) is 108 Å². The average Bonchev–Trinajstić information content (AvgIpc) is 3.57. The summed E-state index contributed by atoms with van der Waals surface area (Å²) in [6, 6.07) is 7.24. The summed E-state index contributed by atoms with van der Waals surface area (Å²) in [5.41, 5.74) is -0.0771. The van der Waals surface area contributed by atoms with Crippen LogP contribution in [0.1, 0.15) is 25.5 Å². The number of H-pyrrole nitrogens is 1. The van der Waals surface area contributed by atoms with E-state index in [1.807, 2.05) is 13.8 Å². The molecule has 0 radical (unpaired) electrons. The van der Waals surface area contributed by atoms with E-state index in [-0.39, 0.29) is 67.1 Å². The summed E-state index contributed by atoms with van der Waals surface area (Å²) in [4.78, 5) is 37.7. The summed E-state index contributed by atoms with van der Waals surface area (Å²) in [6.07, 6.45) is 3.73. The third-order valence-electron chi connectivity index (χ3n) is 9.20. The Morgan fingerprint density at radius 3 is 2.41 bits per heavy atom. The van der Waals surface area contributed by atoms with Crippen LogP contribution < -0.4 is 10.5 Å². The molecule has 2 aliphatic rings. The van der Waals surface area contributed by atoms with Crippen molar-refractivity contribution in [2.24, 2.45) is 11.8 Å². The van der Waals surface area contributed by atoms with Crippen molar-refractivity contribution in [2.75, 3.05) is 37.3 Å². The fourth-order valence-corrected chi connectivity index (χ4v) is 8.55. The van der Waals surface area contributed by atoms with Gasteiger partial charge in [0.15, 0.2) is 20.5 Å². The van der Waals surface area contributed by atoms with E-state index in [9.17, 15) is 18.0 Å². The fraction of sp³-hybridized carbons (Fsp3) is 0.303. The number of aromatic nitrogens is 3. The molecular formula is C33H30ClF2N5O4S. The van der Waals surface area contributed by atoms with E-state index >= 15 is 8.78 Å². The van der Waals surface area contributed by atoms with Crippen LogP contribution in [-0.4, -0.2) is 66.0 Å². The summed E-state index contributed by atoms with van der Waals surface area (Å²) < 4.78 is 61.2. The van der Waals surface area contributed by atoms with Crippen LogP contribution in [0.15, 0.2) is 58.9 Å². The minimum absolute atomic E-state index is 0.0156. The molecule has 2 saturated heterocycles. The molecule has 0 spiro atoms. The van der Waals surface area contributed by atoms with Gasteiger partial charge in [-0.1, -0.05) is 38.1 Å². The van der Waals surface area contributed by atoms with Gasteiger partial charge in [0.1, 0.15) is 5.82 Å². The predicted octanol–water partition coefficient (Wildman–Crippen LogP) is 5.58. The molecule has 0 aliphatic carbocycles. The highest BCUT2D eigenvalue weighted by Crippen LogP contribution is 2.43. The molecule has 0 unspecified atom stereocenters. The Labute approximate surface area is 267 Å². The summed E-state index contributed by atoms with van der Waals surface area (Å²) in [5, 5.41) is -0.447. The van der Waals surface area contributed by atoms with Crippen molar-refractivity contribution >= 4 is 71.3 Å². The molecule has 5 aromatic rings. The fourth-order valence-electron chi connectivity index (χ4n) is 7.27. The predicted molar refractivity (Wildman–Crippen MR) is 175 cm³/mol. The molecule has 1 amide bonds. The number of halogens is 3. The van der Waals surface area contributed by atoms with Crippen LogP contribution in [0, 0.1) is 23.5 Å². The molecule has 238 valence electrons. The van der Waals surface area contributed by atoms with Crippen LogP contribution >= 0.6 is 11.6 Å². The Kier molecular flexibility index (Phi) is 7.02. The van der Waals surface area contributed by atoms with Gasteiger partial charge in [0.05, 0.1) is 33.0 Å². The molecule has 2 aromatic carbocycles. The Balaban J connectivity index is 1.70. The van der Waals surface area contributed by atoms with Crippen LogP contribution in [0.25, 0.3) is 38.2 Å². The van der Waals surface area contributed by atoms with Crippen LogP contribution in [0.4, 0.5) is 14.5 Å². The standard InChI is InChI=1S/C33H30ClF2N5O4S/c1-5-24(42)39-12-17-14-40(15-18(17)13-39)30-19-11-20(34)25-26-21(35)7-6-8-22(26)38-23-9-10-37-28(16(2)3)31(23)41(29(19)27(25)36)33(43)32(30)46(4,44)45/h5-11,16-18,38H,1,12-15H2,2-4H3/t17-,18+. The Morgan fingerprint density at radius 1 is 1.09 bits per heavy atom. The number of hydrogen-bond donors (Lipinski definition) is 1. The second-order valence-electron chi connectivity index (χ2n) is 12.4. The van der Waals surface area contributed by atoms with Crippen LogP contribution in [0.5, 0.6) is 0 Å². The molecule has 13 heteroatoms. The third kappa shape index (κ3) is 4.44. The van der Waals surface area contributed by atoms with Crippen molar-refractivity contribution < 1.29 is 22.0 Å². The lowest BCUT2D eigenvalue weighted by Crippen LogP contribution is -2.34. The zero-order chi connectivity index (χ0) is 32.8. The van der Waals surface area contributed by atoms with Crippen LogP contribution in [-0.2, 0) is 14.6 Å². The lowest BCUT2D eigenvalue weighted by Gasteiger charge is -2.26. The normalized spacial score (nSPS) is 18.4. The Morgan fingerprint density at radius 2 is 1.78 bits per heavy atom. The van der Waals surface area contributed by atoms with Gasteiger partial charge in [0, 0.05) is 72.1 Å². The summed E-state index contributed by atoms with van der Waals surface area (Å²) >= 11 is 6.80. The average molecular weight is 666 g/mol. The number of carbonyl (C=O) groups is 1. The second kappa shape index (κ2) is 10.6. The van der Waals surface area contributed by atoms with Gasteiger partial charge in [-0.25, -0.2) is 17.2 Å². The van der Waals surface area contributed by atoms with Gasteiger partial charge in [0.2, 0.25) is 5.91 Å². The molecule has 2 bridgehead atoms. The SMILES string of the molecule is C=CC(=O)N1C[C@@H]2CN(c3c(S(C)(=O)=O)c(=O)n4c5c(C(C)C)nccc5[nH]c5cccc(F)c5c5c(Cl)cc3c4c5F)C[C@@H]2C1. The van der Waals surface area contributed by atoms with Crippen molar-refractivity contribution in [1.82, 2.24) is 19.3 Å². The van der Waals surface area contributed by atoms with Gasteiger partial charge >= 0.3 is 0 Å². The van der Waals surface area contributed by atoms with Gasteiger partial charge in [-0.2, -0.15) is 0 Å². The van der Waals surface area contributed by atoms with Gasteiger partial charge in [0.25, 0.3) is 5.56 Å². The number of carbonyl (C=O) groups excluding carboxylic acids is 1. The number of likely N-dealkylation sites (tertiary alicyclic amines) is 1. The molecular weight excluding hydrogens is 636 g/mol. The second-order valence-corrected chi connectivity index (χ2v) is 14.8. The van der Waals surface area contributed by atoms with E-state index in [2.05, 4.69) is 16.5 Å². The number of anilines is 1. The maximum Gasteiger partial charge on any atom is 0.276 e. The maximum absolute atomic E-state index is 17.3. The first kappa shape index (κ1) is 30.4. The lowest BCUT2D eigenvalue weighted by molar-refractivity contribution is -0.125. The molecule has 2 atom stereocenters. The number of nitrogens with zero attached hydrogens (tertiary/aromatic N) is 4. The van der Waals surface area contributed by atoms with E-state index in [0.29, 0.717) is 37.4 Å². The van der Waals surface area contributed by atoms with Crippen LogP contribution in [0.2, 0.25) is 5.02 Å². The highest BCUT2D eigenvalue weighted by Gasteiger charge is 2.43. The van der Waals surface area contributed by atoms with Gasteiger partial charge in [-0.15, -0.1) is 0 Å². The number of amides is 1. The summed E-state index contributed by atoms with van der Waals surface area (Å²) in [6.45, 7) is 8.79. The van der Waals surface area contributed by atoms with Crippen LogP contribution in [0.3, 0.4) is 0 Å². The lowest BCUT2D eigenvalue weighted by atomic mass is 10.0. The number of benzene rings is 2. The quantitative estimate of drug-likeness (QED) is 0.251. The van der Waals surface area contributed by atoms with Crippen molar-refractivity contribution in [1.29, 1.82) is 0 Å². The monoisotopic (exact) mass is 665 g/mol. The number of hydrogen-bond acceptors (Lipinski definition) is 6. The number of aromatic amines is 1. The number of rotatable bonds is 4. The number of nitrogens with one attached hydrogen (secondary N) is 1. The highest BCUT2D eigenvalue weighted by atomic mass is 35.5. The molecule has 1 N–H and O–H groups in total. The molecule has 9 nitrogen and oxygen atoms in total. The van der Waals surface area contributed by atoms with Gasteiger partial charge in [-0.3, -0.25) is 19.0 Å². The smallest absolute Gasteiger partial charge is 0.276 e. The van der Waals surface area contributed by atoms with E-state index in [1.165, 1.54) is 30.5 Å². The van der Waals surface area contributed by atoms with E-state index in [0.717, 1.165) is 10.7 Å². The van der Waals surface area contributed by atoms with Crippen molar-refractivity contribution in [3.63, 3.8) is 0 Å². The first-order valence-electron chi connectivity index (χ1n) is 14.8. The van der Waals surface area contributed by atoms with E-state index in [1.54, 1.807) is 21.9 Å². The first-order valence-corrected chi connectivity index (χ1v) is 17.1. The van der Waals surface area contributed by atoms with Gasteiger partial charge in [-0.05, 0) is 36.3 Å². The van der Waals surface area contributed by atoms with Gasteiger partial charge < -0.3 is 14.8 Å². The number of pyridine rings is 2. The Bertz CT molecular complexity index is 2360. The zero-order valence-electron chi connectivity index (χ0n) is 25.3. The Hall–Kier alpha value is -4.29. The van der Waals surface area contributed by atoms with E-state index in [4.69, 9.17) is 11.6 Å². The third-order valence-corrected chi connectivity index (χ3v) is 10.6. The zero-order valence-corrected chi connectivity index (χ0v) is 26.8. The van der Waals surface area contributed by atoms with Crippen molar-refractivity contribution in [2.45, 2.75) is 24.7 Å². The molecule has 0 saturated carbocycles. The minimum atomic E-state index is -4.23. The molecule has 46 heavy (non-hydrogen) atoms. The first-order chi connectivity index (χ1) is 21.8. The molecule has 2 fully saturated rings. The largest absolute Gasteiger partial charge is 0.369 e. The summed E-state index contributed by atoms with van der Waals surface area (Å²) in [7, 11) is -4.23. The van der Waals surface area contributed by atoms with Crippen molar-refractivity contribution in [3.05, 3.63) is 81.9 Å². The number of fused-ring (bicyclic) bond motifs is 6. The van der Waals surface area contributed by atoms with Crippen molar-refractivity contribution in [3.8, 4) is 0 Å². The summed E-state index contributed by atoms with van der Waals surface area (Å²) in [5.74, 6) is -2.20. The van der Waals surface area contributed by atoms with E-state index < -0.39 is 31.9 Å². The molecule has 2 aliphatic heterocycles. The molecule has 5 heterocycles. The minimum Gasteiger partial charge on any atom is -0.369 e.